The molecule has 1 fully saturated rings. The van der Waals surface area contributed by atoms with E-state index in [1.165, 1.54) is 11.1 Å². The van der Waals surface area contributed by atoms with E-state index in [0.717, 1.165) is 11.1 Å². The molecule has 0 spiro atoms. The zero-order valence-electron chi connectivity index (χ0n) is 12.3. The normalized spacial score (nSPS) is 20.3. The van der Waals surface area contributed by atoms with Crippen molar-refractivity contribution in [3.05, 3.63) is 59.7 Å². The summed E-state index contributed by atoms with van der Waals surface area (Å²) in [6.45, 7) is 0.596. The van der Waals surface area contributed by atoms with Crippen molar-refractivity contribution in [1.82, 2.24) is 0 Å². The Hall–Kier alpha value is -1.97. The van der Waals surface area contributed by atoms with Crippen molar-refractivity contribution in [3.63, 3.8) is 0 Å². The van der Waals surface area contributed by atoms with Crippen LogP contribution in [0.1, 0.15) is 24.0 Å². The molecule has 1 aliphatic carbocycles. The van der Waals surface area contributed by atoms with Crippen molar-refractivity contribution in [2.24, 2.45) is 0 Å². The highest BCUT2D eigenvalue weighted by molar-refractivity contribution is 5.90. The van der Waals surface area contributed by atoms with Crippen molar-refractivity contribution in [3.8, 4) is 11.1 Å². The molecule has 2 aromatic rings. The Morgan fingerprint density at radius 1 is 1.09 bits per heavy atom. The third kappa shape index (κ3) is 1.93. The minimum absolute atomic E-state index is 0.0570. The molecule has 1 atom stereocenters. The summed E-state index contributed by atoms with van der Waals surface area (Å²) in [5.41, 5.74) is 4.23. The van der Waals surface area contributed by atoms with E-state index in [2.05, 4.69) is 24.3 Å². The summed E-state index contributed by atoms with van der Waals surface area (Å²) in [6.07, 6.45) is 0.710. The number of rotatable bonds is 5. The van der Waals surface area contributed by atoms with Gasteiger partial charge in [-0.1, -0.05) is 48.5 Å². The SMILES string of the molecule is O=C(CC1(CCO)c2ccccc2-c2ccccc21)C1CO1. The molecule has 0 radical (unpaired) electrons. The number of hydrogen-bond acceptors (Lipinski definition) is 3. The van der Waals surface area contributed by atoms with E-state index >= 15 is 0 Å². The fraction of sp³-hybridized carbons (Fsp3) is 0.316. The van der Waals surface area contributed by atoms with Crippen LogP contribution in [0.2, 0.25) is 0 Å². The highest BCUT2D eigenvalue weighted by Crippen LogP contribution is 2.52. The van der Waals surface area contributed by atoms with Gasteiger partial charge in [-0.25, -0.2) is 0 Å². The standard InChI is InChI=1S/C19H18O3/c20-10-9-19(11-17(21)18-12-22-18)15-7-3-1-5-13(15)14-6-2-4-8-16(14)19/h1-8,18,20H,9-12H2. The number of fused-ring (bicyclic) bond motifs is 3. The fourth-order valence-corrected chi connectivity index (χ4v) is 3.80. The second-order valence-electron chi connectivity index (χ2n) is 6.11. The molecule has 0 amide bonds. The zero-order chi connectivity index (χ0) is 15.2. The molecule has 0 saturated carbocycles. The Bertz CT molecular complexity index is 685. The Labute approximate surface area is 129 Å². The van der Waals surface area contributed by atoms with Crippen molar-refractivity contribution in [2.75, 3.05) is 13.2 Å². The Morgan fingerprint density at radius 3 is 2.14 bits per heavy atom. The first-order valence-electron chi connectivity index (χ1n) is 7.71. The molecular weight excluding hydrogens is 276 g/mol. The lowest BCUT2D eigenvalue weighted by atomic mass is 9.71. The maximum atomic E-state index is 12.5. The molecule has 1 aliphatic heterocycles. The van der Waals surface area contributed by atoms with Crippen LogP contribution in [0.4, 0.5) is 0 Å². The van der Waals surface area contributed by atoms with Gasteiger partial charge in [0.1, 0.15) is 6.10 Å². The maximum absolute atomic E-state index is 12.5. The van der Waals surface area contributed by atoms with Crippen molar-refractivity contribution in [1.29, 1.82) is 0 Å². The van der Waals surface area contributed by atoms with Gasteiger partial charge in [0, 0.05) is 18.4 Å². The van der Waals surface area contributed by atoms with E-state index in [1.807, 2.05) is 24.3 Å². The number of aliphatic hydroxyl groups excluding tert-OH is 1. The third-order valence-corrected chi connectivity index (χ3v) is 4.88. The average molecular weight is 294 g/mol. The van der Waals surface area contributed by atoms with E-state index in [-0.39, 0.29) is 18.5 Å². The topological polar surface area (TPSA) is 49.8 Å². The smallest absolute Gasteiger partial charge is 0.165 e. The van der Waals surface area contributed by atoms with E-state index in [4.69, 9.17) is 4.74 Å². The lowest BCUT2D eigenvalue weighted by Crippen LogP contribution is -2.31. The number of epoxide rings is 1. The fourth-order valence-electron chi connectivity index (χ4n) is 3.80. The second-order valence-corrected chi connectivity index (χ2v) is 6.11. The molecule has 1 N–H and O–H groups in total. The molecule has 3 nitrogen and oxygen atoms in total. The molecule has 1 heterocycles. The predicted molar refractivity (Wildman–Crippen MR) is 83.7 cm³/mol. The summed E-state index contributed by atoms with van der Waals surface area (Å²) in [5.74, 6) is 0.139. The molecule has 2 aliphatic rings. The van der Waals surface area contributed by atoms with E-state index in [1.54, 1.807) is 0 Å². The molecule has 1 saturated heterocycles. The number of ketones is 1. The van der Waals surface area contributed by atoms with Gasteiger partial charge in [-0.3, -0.25) is 4.79 Å². The molecule has 4 rings (SSSR count). The average Bonchev–Trinajstić information content (AvgIpc) is 3.36. The van der Waals surface area contributed by atoms with Crippen LogP contribution in [-0.4, -0.2) is 30.2 Å². The predicted octanol–water partition coefficient (Wildman–Crippen LogP) is 2.69. The van der Waals surface area contributed by atoms with Gasteiger partial charge in [-0.15, -0.1) is 0 Å². The van der Waals surface area contributed by atoms with Crippen LogP contribution in [-0.2, 0) is 14.9 Å². The highest BCUT2D eigenvalue weighted by atomic mass is 16.6. The van der Waals surface area contributed by atoms with Crippen LogP contribution in [0.25, 0.3) is 11.1 Å². The van der Waals surface area contributed by atoms with Gasteiger partial charge in [0.2, 0.25) is 0 Å². The minimum Gasteiger partial charge on any atom is -0.396 e. The van der Waals surface area contributed by atoms with Crippen LogP contribution < -0.4 is 0 Å². The van der Waals surface area contributed by atoms with Crippen LogP contribution in [0, 0.1) is 0 Å². The summed E-state index contributed by atoms with van der Waals surface area (Å²) < 4.78 is 5.17. The number of carbonyl (C=O) groups excluding carboxylic acids is 1. The molecular formula is C19H18O3. The first kappa shape index (κ1) is 13.7. The van der Waals surface area contributed by atoms with E-state index in [0.29, 0.717) is 19.4 Å². The van der Waals surface area contributed by atoms with Crippen molar-refractivity contribution >= 4 is 5.78 Å². The number of benzene rings is 2. The number of aliphatic hydroxyl groups is 1. The van der Waals surface area contributed by atoms with Crippen LogP contribution in [0.5, 0.6) is 0 Å². The van der Waals surface area contributed by atoms with Gasteiger partial charge in [-0.2, -0.15) is 0 Å². The van der Waals surface area contributed by atoms with Gasteiger partial charge in [0.05, 0.1) is 6.61 Å². The number of carbonyl (C=O) groups is 1. The van der Waals surface area contributed by atoms with Gasteiger partial charge >= 0.3 is 0 Å². The second kappa shape index (κ2) is 5.04. The van der Waals surface area contributed by atoms with Gasteiger partial charge < -0.3 is 9.84 Å². The lowest BCUT2D eigenvalue weighted by Gasteiger charge is -2.31. The van der Waals surface area contributed by atoms with E-state index in [9.17, 15) is 9.90 Å². The summed E-state index contributed by atoms with van der Waals surface area (Å²) in [5, 5.41) is 9.67. The monoisotopic (exact) mass is 294 g/mol. The van der Waals surface area contributed by atoms with Crippen LogP contribution in [0.15, 0.2) is 48.5 Å². The zero-order valence-corrected chi connectivity index (χ0v) is 12.3. The largest absolute Gasteiger partial charge is 0.396 e. The number of Topliss-reactive ketones (excluding diaryl/α,β-unsaturated/α-hetero) is 1. The lowest BCUT2D eigenvalue weighted by molar-refractivity contribution is -0.121. The van der Waals surface area contributed by atoms with Crippen LogP contribution in [0.3, 0.4) is 0 Å². The Morgan fingerprint density at radius 2 is 1.64 bits per heavy atom. The van der Waals surface area contributed by atoms with Gasteiger partial charge in [0.25, 0.3) is 0 Å². The minimum atomic E-state index is -0.426. The summed E-state index contributed by atoms with van der Waals surface area (Å²) in [4.78, 5) is 12.5. The molecule has 1 unspecified atom stereocenters. The van der Waals surface area contributed by atoms with Gasteiger partial charge in [0.15, 0.2) is 5.78 Å². The number of hydrogen-bond donors (Lipinski definition) is 1. The first-order valence-corrected chi connectivity index (χ1v) is 7.71. The molecule has 0 bridgehead atoms. The van der Waals surface area contributed by atoms with E-state index < -0.39 is 5.41 Å². The molecule has 112 valence electrons. The number of ether oxygens (including phenoxy) is 1. The first-order chi connectivity index (χ1) is 10.8. The third-order valence-electron chi connectivity index (χ3n) is 4.88. The Balaban J connectivity index is 1.90. The van der Waals surface area contributed by atoms with Crippen molar-refractivity contribution in [2.45, 2.75) is 24.4 Å². The summed E-state index contributed by atoms with van der Waals surface area (Å²) >= 11 is 0. The molecule has 22 heavy (non-hydrogen) atoms. The van der Waals surface area contributed by atoms with Crippen molar-refractivity contribution < 1.29 is 14.6 Å². The summed E-state index contributed by atoms with van der Waals surface area (Å²) in [7, 11) is 0. The Kier molecular flexibility index (Phi) is 3.13. The maximum Gasteiger partial charge on any atom is 0.165 e. The quantitative estimate of drug-likeness (QED) is 0.863. The summed E-state index contributed by atoms with van der Waals surface area (Å²) in [6, 6.07) is 16.5. The molecule has 3 heteroatoms. The molecule has 2 aromatic carbocycles. The molecule has 0 aromatic heterocycles. The van der Waals surface area contributed by atoms with Crippen LogP contribution >= 0.6 is 0 Å². The van der Waals surface area contributed by atoms with Gasteiger partial charge in [-0.05, 0) is 28.7 Å². The highest BCUT2D eigenvalue weighted by Gasteiger charge is 2.46.